The minimum Gasteiger partial charge on any atom is -0.370 e. The average Bonchev–Trinajstić information content (AvgIpc) is 2.46. The second-order valence-electron chi connectivity index (χ2n) is 4.26. The summed E-state index contributed by atoms with van der Waals surface area (Å²) in [5.41, 5.74) is 0.112. The number of nitrogens with one attached hydrogen (secondary N) is 2. The van der Waals surface area contributed by atoms with E-state index in [1.54, 1.807) is 4.90 Å². The van der Waals surface area contributed by atoms with Crippen molar-refractivity contribution in [1.29, 1.82) is 0 Å². The summed E-state index contributed by atoms with van der Waals surface area (Å²) in [4.78, 5) is 27.9. The first-order chi connectivity index (χ1) is 9.59. The van der Waals surface area contributed by atoms with Crippen molar-refractivity contribution in [2.45, 2.75) is 0 Å². The molecule has 2 rings (SSSR count). The Balaban J connectivity index is 2.03. The van der Waals surface area contributed by atoms with E-state index >= 15 is 0 Å². The van der Waals surface area contributed by atoms with Gasteiger partial charge in [0.1, 0.15) is 11.9 Å². The molecule has 0 atom stereocenters. The summed E-state index contributed by atoms with van der Waals surface area (Å²) in [5, 5.41) is 16.9. The van der Waals surface area contributed by atoms with Crippen LogP contribution in [0.3, 0.4) is 0 Å². The van der Waals surface area contributed by atoms with Crippen molar-refractivity contribution in [3.05, 3.63) is 27.0 Å². The maximum Gasteiger partial charge on any atom is 0.311 e. The fraction of sp³-hybridized carbons (Fsp3) is 0.455. The molecule has 1 aliphatic heterocycles. The third-order valence-electron chi connectivity index (χ3n) is 2.96. The molecule has 108 valence electrons. The Morgan fingerprint density at radius 2 is 2.20 bits per heavy atom. The quantitative estimate of drug-likeness (QED) is 0.613. The highest BCUT2D eigenvalue weighted by atomic mass is 79.9. The maximum absolute atomic E-state index is 12.0. The van der Waals surface area contributed by atoms with E-state index in [1.807, 2.05) is 0 Å². The third-order valence-corrected chi connectivity index (χ3v) is 3.56. The van der Waals surface area contributed by atoms with Gasteiger partial charge in [0.05, 0.1) is 15.9 Å². The van der Waals surface area contributed by atoms with E-state index < -0.39 is 4.92 Å². The number of hydrogen-bond donors (Lipinski definition) is 2. The number of anilines is 1. The molecular weight excluding hydrogens is 330 g/mol. The summed E-state index contributed by atoms with van der Waals surface area (Å²) in [6, 6.07) is 0. The van der Waals surface area contributed by atoms with Crippen molar-refractivity contribution >= 4 is 33.2 Å². The van der Waals surface area contributed by atoms with Crippen LogP contribution in [0.1, 0.15) is 0 Å². The lowest BCUT2D eigenvalue weighted by Crippen LogP contribution is -2.48. The van der Waals surface area contributed by atoms with E-state index in [4.69, 9.17) is 0 Å². The molecular formula is C11H14BrN5O3. The fourth-order valence-electron chi connectivity index (χ4n) is 1.93. The van der Waals surface area contributed by atoms with Gasteiger partial charge in [0.25, 0.3) is 0 Å². The number of hydrogen-bond acceptors (Lipinski definition) is 6. The Kier molecular flexibility index (Phi) is 4.85. The van der Waals surface area contributed by atoms with Gasteiger partial charge in [-0.1, -0.05) is 0 Å². The van der Waals surface area contributed by atoms with Crippen LogP contribution in [0.25, 0.3) is 0 Å². The van der Waals surface area contributed by atoms with Gasteiger partial charge in [0, 0.05) is 32.4 Å². The Bertz CT molecular complexity index is 519. The molecule has 1 fully saturated rings. The van der Waals surface area contributed by atoms with Gasteiger partial charge in [-0.3, -0.25) is 19.9 Å². The first-order valence-corrected chi connectivity index (χ1v) is 6.89. The summed E-state index contributed by atoms with van der Waals surface area (Å²) in [5.74, 6) is -0.0792. The highest BCUT2D eigenvalue weighted by molar-refractivity contribution is 9.10. The molecule has 8 nitrogen and oxygen atoms in total. The lowest BCUT2D eigenvalue weighted by Gasteiger charge is -2.27. The van der Waals surface area contributed by atoms with Crippen molar-refractivity contribution in [3.63, 3.8) is 0 Å². The first kappa shape index (κ1) is 14.7. The van der Waals surface area contributed by atoms with E-state index in [0.717, 1.165) is 19.3 Å². The monoisotopic (exact) mass is 343 g/mol. The number of nitro groups is 1. The largest absolute Gasteiger partial charge is 0.370 e. The van der Waals surface area contributed by atoms with Crippen LogP contribution in [0.2, 0.25) is 0 Å². The van der Waals surface area contributed by atoms with E-state index in [2.05, 4.69) is 31.5 Å². The number of halogens is 1. The summed E-state index contributed by atoms with van der Waals surface area (Å²) >= 11 is 3.20. The average molecular weight is 344 g/mol. The normalized spacial score (nSPS) is 14.9. The number of rotatable bonds is 4. The molecule has 1 saturated heterocycles. The van der Waals surface area contributed by atoms with Crippen LogP contribution in [0.4, 0.5) is 11.4 Å². The predicted octanol–water partition coefficient (Wildman–Crippen LogP) is 0.596. The second-order valence-corrected chi connectivity index (χ2v) is 5.11. The van der Waals surface area contributed by atoms with Crippen LogP contribution in [-0.4, -0.2) is 53.4 Å². The van der Waals surface area contributed by atoms with E-state index in [-0.39, 0.29) is 23.8 Å². The smallest absolute Gasteiger partial charge is 0.311 e. The van der Waals surface area contributed by atoms with Crippen LogP contribution in [0.5, 0.6) is 0 Å². The van der Waals surface area contributed by atoms with Crippen molar-refractivity contribution in [2.24, 2.45) is 0 Å². The van der Waals surface area contributed by atoms with Gasteiger partial charge in [-0.05, 0) is 15.9 Å². The van der Waals surface area contributed by atoms with Crippen molar-refractivity contribution in [1.82, 2.24) is 15.2 Å². The Morgan fingerprint density at radius 3 is 2.85 bits per heavy atom. The fourth-order valence-corrected chi connectivity index (χ4v) is 2.39. The van der Waals surface area contributed by atoms with E-state index in [1.165, 1.54) is 6.20 Å². The number of aromatic nitrogens is 1. The van der Waals surface area contributed by atoms with Crippen LogP contribution in [-0.2, 0) is 4.79 Å². The van der Waals surface area contributed by atoms with Gasteiger partial charge >= 0.3 is 5.69 Å². The molecule has 0 aliphatic carbocycles. The Hall–Kier alpha value is -1.74. The number of piperazine rings is 1. The molecule has 0 bridgehead atoms. The number of pyridine rings is 1. The summed E-state index contributed by atoms with van der Waals surface area (Å²) in [6.07, 6.45) is 2.60. The topological polar surface area (TPSA) is 100 Å². The third kappa shape index (κ3) is 3.42. The van der Waals surface area contributed by atoms with Crippen LogP contribution >= 0.6 is 15.9 Å². The number of carbonyl (C=O) groups excluding carboxylic acids is 1. The lowest BCUT2D eigenvalue weighted by molar-refractivity contribution is -0.384. The minimum atomic E-state index is -0.532. The first-order valence-electron chi connectivity index (χ1n) is 6.10. The van der Waals surface area contributed by atoms with Crippen molar-refractivity contribution in [3.8, 4) is 0 Å². The molecule has 1 amide bonds. The molecule has 0 spiro atoms. The van der Waals surface area contributed by atoms with Gasteiger partial charge in [-0.25, -0.2) is 0 Å². The summed E-state index contributed by atoms with van der Waals surface area (Å²) in [7, 11) is 0. The summed E-state index contributed by atoms with van der Waals surface area (Å²) < 4.78 is 0.458. The highest BCUT2D eigenvalue weighted by Crippen LogP contribution is 2.30. The molecule has 1 aromatic rings. The molecule has 1 aliphatic rings. The molecule has 2 heterocycles. The zero-order valence-electron chi connectivity index (χ0n) is 10.6. The SMILES string of the molecule is O=C(CNc1c(Br)cncc1[N+](=O)[O-])N1CCNCC1. The highest BCUT2D eigenvalue weighted by Gasteiger charge is 2.20. The van der Waals surface area contributed by atoms with Crippen LogP contribution < -0.4 is 10.6 Å². The molecule has 2 N–H and O–H groups in total. The molecule has 1 aromatic heterocycles. The van der Waals surface area contributed by atoms with E-state index in [9.17, 15) is 14.9 Å². The molecule has 0 saturated carbocycles. The second kappa shape index (κ2) is 6.62. The number of carbonyl (C=O) groups is 1. The molecule has 0 aromatic carbocycles. The predicted molar refractivity (Wildman–Crippen MR) is 76.5 cm³/mol. The van der Waals surface area contributed by atoms with E-state index in [0.29, 0.717) is 17.6 Å². The molecule has 0 unspecified atom stereocenters. The van der Waals surface area contributed by atoms with Crippen LogP contribution in [0, 0.1) is 10.1 Å². The Labute approximate surface area is 123 Å². The summed E-state index contributed by atoms with van der Waals surface area (Å²) in [6.45, 7) is 2.86. The zero-order chi connectivity index (χ0) is 14.5. The van der Waals surface area contributed by atoms with Crippen molar-refractivity contribution in [2.75, 3.05) is 38.0 Å². The van der Waals surface area contributed by atoms with Gasteiger partial charge in [-0.15, -0.1) is 0 Å². The molecule has 20 heavy (non-hydrogen) atoms. The zero-order valence-corrected chi connectivity index (χ0v) is 12.2. The van der Waals surface area contributed by atoms with Crippen molar-refractivity contribution < 1.29 is 9.72 Å². The van der Waals surface area contributed by atoms with Crippen LogP contribution in [0.15, 0.2) is 16.9 Å². The van der Waals surface area contributed by atoms with Gasteiger partial charge < -0.3 is 15.5 Å². The molecule has 9 heteroatoms. The lowest BCUT2D eigenvalue weighted by atomic mass is 10.3. The number of amides is 1. The standard InChI is InChI=1S/C11H14BrN5O3/c12-8-5-14-6-9(17(19)20)11(8)15-7-10(18)16-3-1-13-2-4-16/h5-6,13H,1-4,7H2,(H,14,15). The van der Waals surface area contributed by atoms with Gasteiger partial charge in [0.2, 0.25) is 5.91 Å². The van der Waals surface area contributed by atoms with Gasteiger partial charge in [0.15, 0.2) is 0 Å². The Morgan fingerprint density at radius 1 is 1.50 bits per heavy atom. The maximum atomic E-state index is 12.0. The molecule has 0 radical (unpaired) electrons. The number of nitrogens with zero attached hydrogens (tertiary/aromatic N) is 3. The minimum absolute atomic E-state index is 0.0173. The van der Waals surface area contributed by atoms with Gasteiger partial charge in [-0.2, -0.15) is 0 Å².